The number of pyridine rings is 2. The number of alkyl halides is 1. The fraction of sp³-hybridized carbons (Fsp3) is 0.423. The summed E-state index contributed by atoms with van der Waals surface area (Å²) in [5.41, 5.74) is 3.59. The number of halogens is 1. The summed E-state index contributed by atoms with van der Waals surface area (Å²) in [4.78, 5) is 22.2. The zero-order valence-corrected chi connectivity index (χ0v) is 20.1. The SMILES string of the molecule is N#Cc1cc(-c2ccnc(Nc3ccc(CCCN4CCOCC4)nc3)n2)cnc1N1CC[C@H](F)C1. The van der Waals surface area contributed by atoms with E-state index >= 15 is 0 Å². The minimum atomic E-state index is -0.882. The van der Waals surface area contributed by atoms with E-state index < -0.39 is 6.17 Å². The van der Waals surface area contributed by atoms with Crippen molar-refractivity contribution in [1.82, 2.24) is 24.8 Å². The molecule has 3 aromatic rings. The lowest BCUT2D eigenvalue weighted by Gasteiger charge is -2.26. The highest BCUT2D eigenvalue weighted by Gasteiger charge is 2.25. The molecule has 5 heterocycles. The Hall–Kier alpha value is -3.68. The van der Waals surface area contributed by atoms with Gasteiger partial charge in [-0.1, -0.05) is 0 Å². The molecule has 0 saturated carbocycles. The van der Waals surface area contributed by atoms with E-state index in [0.717, 1.165) is 57.1 Å². The number of aryl methyl sites for hydroxylation is 1. The van der Waals surface area contributed by atoms with Crippen molar-refractivity contribution >= 4 is 17.5 Å². The van der Waals surface area contributed by atoms with E-state index in [0.29, 0.717) is 41.6 Å². The predicted molar refractivity (Wildman–Crippen MR) is 135 cm³/mol. The van der Waals surface area contributed by atoms with Crippen molar-refractivity contribution in [3.63, 3.8) is 0 Å². The Bertz CT molecular complexity index is 1210. The lowest BCUT2D eigenvalue weighted by Crippen LogP contribution is -2.36. The summed E-state index contributed by atoms with van der Waals surface area (Å²) in [5.74, 6) is 0.946. The second-order valence-corrected chi connectivity index (χ2v) is 9.03. The molecule has 1 atom stereocenters. The van der Waals surface area contributed by atoms with Gasteiger partial charge in [-0.3, -0.25) is 9.88 Å². The molecule has 0 spiro atoms. The Morgan fingerprint density at radius 1 is 1.11 bits per heavy atom. The summed E-state index contributed by atoms with van der Waals surface area (Å²) < 4.78 is 19.0. The van der Waals surface area contributed by atoms with Gasteiger partial charge in [-0.05, 0) is 50.1 Å². The number of ether oxygens (including phenoxy) is 1. The summed E-state index contributed by atoms with van der Waals surface area (Å²) in [6, 6.07) is 9.70. The number of nitrogens with one attached hydrogen (secondary N) is 1. The van der Waals surface area contributed by atoms with Gasteiger partial charge in [0.25, 0.3) is 0 Å². The first-order valence-corrected chi connectivity index (χ1v) is 12.3. The van der Waals surface area contributed by atoms with E-state index in [4.69, 9.17) is 4.74 Å². The quantitative estimate of drug-likeness (QED) is 0.511. The Morgan fingerprint density at radius 3 is 2.75 bits per heavy atom. The molecule has 2 aliphatic rings. The van der Waals surface area contributed by atoms with Gasteiger partial charge in [0.1, 0.15) is 18.1 Å². The van der Waals surface area contributed by atoms with Crippen LogP contribution in [0.3, 0.4) is 0 Å². The first kappa shape index (κ1) is 24.0. The first-order valence-electron chi connectivity index (χ1n) is 12.3. The van der Waals surface area contributed by atoms with Gasteiger partial charge in [0.05, 0.1) is 42.9 Å². The van der Waals surface area contributed by atoms with Gasteiger partial charge in [-0.25, -0.2) is 19.3 Å². The van der Waals surface area contributed by atoms with E-state index in [-0.39, 0.29) is 6.54 Å². The van der Waals surface area contributed by atoms with Crippen LogP contribution in [0.1, 0.15) is 24.1 Å². The third-order valence-corrected chi connectivity index (χ3v) is 6.46. The van der Waals surface area contributed by atoms with Crippen LogP contribution in [0, 0.1) is 11.3 Å². The molecular weight excluding hydrogens is 459 g/mol. The highest BCUT2D eigenvalue weighted by molar-refractivity contribution is 5.67. The van der Waals surface area contributed by atoms with Gasteiger partial charge in [-0.2, -0.15) is 5.26 Å². The largest absolute Gasteiger partial charge is 0.379 e. The third-order valence-electron chi connectivity index (χ3n) is 6.46. The molecule has 36 heavy (non-hydrogen) atoms. The molecule has 1 N–H and O–H groups in total. The molecule has 0 amide bonds. The molecule has 2 saturated heterocycles. The second-order valence-electron chi connectivity index (χ2n) is 9.03. The van der Waals surface area contributed by atoms with E-state index in [1.165, 1.54) is 0 Å². The molecular formula is C26H29FN8O. The van der Waals surface area contributed by atoms with Crippen LogP contribution >= 0.6 is 0 Å². The molecule has 5 rings (SSSR count). The van der Waals surface area contributed by atoms with Crippen LogP contribution in [0.25, 0.3) is 11.3 Å². The first-order chi connectivity index (χ1) is 17.7. The topological polar surface area (TPSA) is 103 Å². The maximum absolute atomic E-state index is 13.6. The Balaban J connectivity index is 1.21. The number of rotatable bonds is 8. The van der Waals surface area contributed by atoms with Crippen LogP contribution < -0.4 is 10.2 Å². The molecule has 2 fully saturated rings. The maximum atomic E-state index is 13.6. The number of anilines is 3. The number of morpholine rings is 1. The average Bonchev–Trinajstić information content (AvgIpc) is 3.36. The van der Waals surface area contributed by atoms with Gasteiger partial charge >= 0.3 is 0 Å². The molecule has 0 unspecified atom stereocenters. The Morgan fingerprint density at radius 2 is 2.00 bits per heavy atom. The predicted octanol–water partition coefficient (Wildman–Crippen LogP) is 3.36. The molecule has 0 radical (unpaired) electrons. The van der Waals surface area contributed by atoms with Crippen LogP contribution in [0.2, 0.25) is 0 Å². The van der Waals surface area contributed by atoms with Crippen molar-refractivity contribution in [2.24, 2.45) is 0 Å². The van der Waals surface area contributed by atoms with Crippen LogP contribution in [0.5, 0.6) is 0 Å². The van der Waals surface area contributed by atoms with Crippen LogP contribution in [-0.4, -0.2) is 76.9 Å². The van der Waals surface area contributed by atoms with Crippen molar-refractivity contribution < 1.29 is 9.13 Å². The zero-order valence-electron chi connectivity index (χ0n) is 20.1. The van der Waals surface area contributed by atoms with Crippen molar-refractivity contribution in [1.29, 1.82) is 5.26 Å². The zero-order chi connectivity index (χ0) is 24.7. The average molecular weight is 489 g/mol. The van der Waals surface area contributed by atoms with Gasteiger partial charge in [0.15, 0.2) is 0 Å². The smallest absolute Gasteiger partial charge is 0.227 e. The molecule has 9 nitrogen and oxygen atoms in total. The normalized spacial score (nSPS) is 18.2. The fourth-order valence-corrected chi connectivity index (χ4v) is 4.51. The summed E-state index contributed by atoms with van der Waals surface area (Å²) in [6.45, 7) is 5.54. The molecule has 0 bridgehead atoms. The second kappa shape index (κ2) is 11.4. The van der Waals surface area contributed by atoms with Crippen LogP contribution in [0.15, 0.2) is 42.9 Å². The van der Waals surface area contributed by atoms with E-state index in [2.05, 4.69) is 36.2 Å². The summed E-state index contributed by atoms with van der Waals surface area (Å²) in [5, 5.41) is 12.8. The summed E-state index contributed by atoms with van der Waals surface area (Å²) >= 11 is 0. The Labute approximate surface area is 210 Å². The lowest BCUT2D eigenvalue weighted by molar-refractivity contribution is 0.0374. The number of nitriles is 1. The van der Waals surface area contributed by atoms with E-state index in [9.17, 15) is 9.65 Å². The lowest BCUT2D eigenvalue weighted by atomic mass is 10.1. The van der Waals surface area contributed by atoms with Gasteiger partial charge in [0, 0.05) is 43.3 Å². The van der Waals surface area contributed by atoms with Crippen LogP contribution in [0.4, 0.5) is 21.8 Å². The van der Waals surface area contributed by atoms with Gasteiger partial charge < -0.3 is 15.0 Å². The van der Waals surface area contributed by atoms with Gasteiger partial charge in [0.2, 0.25) is 5.95 Å². The van der Waals surface area contributed by atoms with Crippen molar-refractivity contribution in [2.75, 3.05) is 56.2 Å². The molecule has 186 valence electrons. The van der Waals surface area contributed by atoms with Crippen LogP contribution in [-0.2, 0) is 11.2 Å². The highest BCUT2D eigenvalue weighted by atomic mass is 19.1. The number of hydrogen-bond acceptors (Lipinski definition) is 9. The minimum absolute atomic E-state index is 0.267. The standard InChI is InChI=1S/C26H29FN8O/c27-21-6-9-35(18-21)25-19(15-28)14-20(16-31-25)24-5-7-29-26(33-24)32-23-4-3-22(30-17-23)2-1-8-34-10-12-36-13-11-34/h3-5,7,14,16-17,21H,1-2,6,8-13,18H2,(H,29,32,33)/t21-/m0/s1. The van der Waals surface area contributed by atoms with Crippen molar-refractivity contribution in [3.8, 4) is 17.3 Å². The van der Waals surface area contributed by atoms with Crippen molar-refractivity contribution in [2.45, 2.75) is 25.4 Å². The Kier molecular flexibility index (Phi) is 7.59. The van der Waals surface area contributed by atoms with E-state index in [1.54, 1.807) is 30.7 Å². The summed E-state index contributed by atoms with van der Waals surface area (Å²) in [7, 11) is 0. The monoisotopic (exact) mass is 488 g/mol. The highest BCUT2D eigenvalue weighted by Crippen LogP contribution is 2.27. The summed E-state index contributed by atoms with van der Waals surface area (Å²) in [6.07, 6.45) is 6.68. The molecule has 3 aromatic heterocycles. The molecule has 0 aromatic carbocycles. The van der Waals surface area contributed by atoms with Gasteiger partial charge in [-0.15, -0.1) is 0 Å². The maximum Gasteiger partial charge on any atom is 0.227 e. The minimum Gasteiger partial charge on any atom is -0.379 e. The number of hydrogen-bond donors (Lipinski definition) is 1. The molecule has 2 aliphatic heterocycles. The number of nitrogens with zero attached hydrogens (tertiary/aromatic N) is 7. The number of aromatic nitrogens is 4. The fourth-order valence-electron chi connectivity index (χ4n) is 4.51. The van der Waals surface area contributed by atoms with E-state index in [1.807, 2.05) is 17.0 Å². The third kappa shape index (κ3) is 5.93. The molecule has 0 aliphatic carbocycles. The molecule has 10 heteroatoms. The van der Waals surface area contributed by atoms with Crippen molar-refractivity contribution in [3.05, 3.63) is 54.1 Å².